The molecule has 0 rings (SSSR count). The molecule has 0 aromatic carbocycles. The molecule has 1 atom stereocenters. The molecular weight excluding hydrogens is 204 g/mol. The van der Waals surface area contributed by atoms with Gasteiger partial charge in [-0.3, -0.25) is 4.79 Å². The van der Waals surface area contributed by atoms with Crippen LogP contribution in [-0.2, 0) is 9.53 Å². The SMILES string of the molecule is CCCC(N)CC(=O)N(CC)CCOCC. The minimum atomic E-state index is -0.00126. The number of nitrogens with two attached hydrogens (primary N) is 1. The number of ether oxygens (including phenoxy) is 1. The average molecular weight is 230 g/mol. The van der Waals surface area contributed by atoms with Gasteiger partial charge in [0.25, 0.3) is 0 Å². The molecule has 4 heteroatoms. The van der Waals surface area contributed by atoms with Gasteiger partial charge in [-0.1, -0.05) is 13.3 Å². The van der Waals surface area contributed by atoms with Crippen LogP contribution in [0, 0.1) is 0 Å². The molecule has 0 aliphatic heterocycles. The Bertz CT molecular complexity index is 186. The summed E-state index contributed by atoms with van der Waals surface area (Å²) in [5.74, 6) is 0.142. The molecule has 0 fully saturated rings. The van der Waals surface area contributed by atoms with Crippen LogP contribution in [0.2, 0.25) is 0 Å². The fourth-order valence-electron chi connectivity index (χ4n) is 1.60. The Kier molecular flexibility index (Phi) is 9.24. The molecule has 0 spiro atoms. The monoisotopic (exact) mass is 230 g/mol. The van der Waals surface area contributed by atoms with Gasteiger partial charge in [0.05, 0.1) is 6.61 Å². The Morgan fingerprint density at radius 1 is 1.38 bits per heavy atom. The molecule has 96 valence electrons. The molecule has 0 aliphatic rings. The lowest BCUT2D eigenvalue weighted by atomic mass is 10.1. The maximum atomic E-state index is 11.8. The van der Waals surface area contributed by atoms with Crippen molar-refractivity contribution in [2.75, 3.05) is 26.3 Å². The third-order valence-corrected chi connectivity index (χ3v) is 2.54. The summed E-state index contributed by atoms with van der Waals surface area (Å²) >= 11 is 0. The maximum Gasteiger partial charge on any atom is 0.224 e. The van der Waals surface area contributed by atoms with Crippen LogP contribution in [0.3, 0.4) is 0 Å². The average Bonchev–Trinajstić information content (AvgIpc) is 2.24. The second-order valence-corrected chi connectivity index (χ2v) is 3.92. The molecule has 0 bridgehead atoms. The summed E-state index contributed by atoms with van der Waals surface area (Å²) in [6.07, 6.45) is 2.39. The highest BCUT2D eigenvalue weighted by Gasteiger charge is 2.14. The van der Waals surface area contributed by atoms with Gasteiger partial charge >= 0.3 is 0 Å². The molecule has 0 aromatic rings. The summed E-state index contributed by atoms with van der Waals surface area (Å²) in [5, 5.41) is 0. The van der Waals surface area contributed by atoms with Gasteiger partial charge in [0.2, 0.25) is 5.91 Å². The topological polar surface area (TPSA) is 55.6 Å². The van der Waals surface area contributed by atoms with Crippen LogP contribution in [0.15, 0.2) is 0 Å². The minimum Gasteiger partial charge on any atom is -0.380 e. The van der Waals surface area contributed by atoms with Crippen molar-refractivity contribution in [2.24, 2.45) is 5.73 Å². The van der Waals surface area contributed by atoms with E-state index in [1.165, 1.54) is 0 Å². The number of carbonyl (C=O) groups excluding carboxylic acids is 1. The van der Waals surface area contributed by atoms with Crippen LogP contribution < -0.4 is 5.73 Å². The van der Waals surface area contributed by atoms with Gasteiger partial charge < -0.3 is 15.4 Å². The normalized spacial score (nSPS) is 12.5. The Morgan fingerprint density at radius 3 is 2.56 bits per heavy atom. The second kappa shape index (κ2) is 9.60. The number of amides is 1. The Labute approximate surface area is 99.1 Å². The smallest absolute Gasteiger partial charge is 0.224 e. The van der Waals surface area contributed by atoms with E-state index in [1.807, 2.05) is 18.7 Å². The van der Waals surface area contributed by atoms with Crippen molar-refractivity contribution in [1.82, 2.24) is 4.90 Å². The van der Waals surface area contributed by atoms with Gasteiger partial charge in [-0.25, -0.2) is 0 Å². The first kappa shape index (κ1) is 15.4. The van der Waals surface area contributed by atoms with E-state index in [-0.39, 0.29) is 11.9 Å². The Hall–Kier alpha value is -0.610. The predicted molar refractivity (Wildman–Crippen MR) is 66.2 cm³/mol. The van der Waals surface area contributed by atoms with Crippen molar-refractivity contribution in [3.8, 4) is 0 Å². The largest absolute Gasteiger partial charge is 0.380 e. The molecule has 0 radical (unpaired) electrons. The Balaban J connectivity index is 3.90. The fourth-order valence-corrected chi connectivity index (χ4v) is 1.60. The van der Waals surface area contributed by atoms with Crippen molar-refractivity contribution < 1.29 is 9.53 Å². The summed E-state index contributed by atoms with van der Waals surface area (Å²) in [4.78, 5) is 13.7. The number of hydrogen-bond acceptors (Lipinski definition) is 3. The predicted octanol–water partition coefficient (Wildman–Crippen LogP) is 1.39. The highest BCUT2D eigenvalue weighted by atomic mass is 16.5. The first-order valence-corrected chi connectivity index (χ1v) is 6.26. The van der Waals surface area contributed by atoms with Crippen LogP contribution >= 0.6 is 0 Å². The summed E-state index contributed by atoms with van der Waals surface area (Å²) in [5.41, 5.74) is 5.85. The van der Waals surface area contributed by atoms with Gasteiger partial charge in [-0.05, 0) is 20.3 Å². The lowest BCUT2D eigenvalue weighted by Gasteiger charge is -2.22. The molecule has 0 heterocycles. The first-order chi connectivity index (χ1) is 7.65. The van der Waals surface area contributed by atoms with Gasteiger partial charge in [0.1, 0.15) is 0 Å². The van der Waals surface area contributed by atoms with E-state index in [4.69, 9.17) is 10.5 Å². The number of carbonyl (C=O) groups is 1. The summed E-state index contributed by atoms with van der Waals surface area (Å²) < 4.78 is 5.24. The molecule has 0 saturated heterocycles. The standard InChI is InChI=1S/C12H26N2O2/c1-4-7-11(13)10-12(15)14(5-2)8-9-16-6-3/h11H,4-10,13H2,1-3H3. The fraction of sp³-hybridized carbons (Fsp3) is 0.917. The number of likely N-dealkylation sites (N-methyl/N-ethyl adjacent to an activating group) is 1. The lowest BCUT2D eigenvalue weighted by molar-refractivity contribution is -0.132. The highest BCUT2D eigenvalue weighted by molar-refractivity contribution is 5.76. The van der Waals surface area contributed by atoms with Crippen molar-refractivity contribution in [2.45, 2.75) is 46.1 Å². The van der Waals surface area contributed by atoms with Gasteiger partial charge in [0, 0.05) is 32.2 Å². The third kappa shape index (κ3) is 6.80. The highest BCUT2D eigenvalue weighted by Crippen LogP contribution is 2.02. The third-order valence-electron chi connectivity index (χ3n) is 2.54. The van der Waals surface area contributed by atoms with E-state index in [2.05, 4.69) is 6.92 Å². The molecule has 0 aliphatic carbocycles. The molecule has 16 heavy (non-hydrogen) atoms. The van der Waals surface area contributed by atoms with Crippen LogP contribution in [0.1, 0.15) is 40.0 Å². The molecular formula is C12H26N2O2. The van der Waals surface area contributed by atoms with Crippen LogP contribution in [-0.4, -0.2) is 43.2 Å². The maximum absolute atomic E-state index is 11.8. The Morgan fingerprint density at radius 2 is 2.06 bits per heavy atom. The van der Waals surface area contributed by atoms with E-state index in [0.717, 1.165) is 19.4 Å². The van der Waals surface area contributed by atoms with Gasteiger partial charge in [0.15, 0.2) is 0 Å². The number of rotatable bonds is 9. The molecule has 1 amide bonds. The van der Waals surface area contributed by atoms with Crippen molar-refractivity contribution >= 4 is 5.91 Å². The van der Waals surface area contributed by atoms with E-state index < -0.39 is 0 Å². The van der Waals surface area contributed by atoms with E-state index in [9.17, 15) is 4.79 Å². The van der Waals surface area contributed by atoms with E-state index in [0.29, 0.717) is 26.2 Å². The van der Waals surface area contributed by atoms with Crippen molar-refractivity contribution in [1.29, 1.82) is 0 Å². The second-order valence-electron chi connectivity index (χ2n) is 3.92. The molecule has 0 aromatic heterocycles. The summed E-state index contributed by atoms with van der Waals surface area (Å²) in [7, 11) is 0. The zero-order valence-electron chi connectivity index (χ0n) is 10.9. The molecule has 4 nitrogen and oxygen atoms in total. The zero-order chi connectivity index (χ0) is 12.4. The molecule has 0 saturated carbocycles. The van der Waals surface area contributed by atoms with Crippen LogP contribution in [0.4, 0.5) is 0 Å². The van der Waals surface area contributed by atoms with E-state index in [1.54, 1.807) is 0 Å². The van der Waals surface area contributed by atoms with Crippen molar-refractivity contribution in [3.05, 3.63) is 0 Å². The first-order valence-electron chi connectivity index (χ1n) is 6.26. The molecule has 2 N–H and O–H groups in total. The summed E-state index contributed by atoms with van der Waals surface area (Å²) in [6.45, 7) is 8.72. The van der Waals surface area contributed by atoms with Crippen LogP contribution in [0.25, 0.3) is 0 Å². The number of hydrogen-bond donors (Lipinski definition) is 1. The van der Waals surface area contributed by atoms with Crippen LogP contribution in [0.5, 0.6) is 0 Å². The quantitative estimate of drug-likeness (QED) is 0.609. The molecule has 1 unspecified atom stereocenters. The van der Waals surface area contributed by atoms with E-state index >= 15 is 0 Å². The van der Waals surface area contributed by atoms with Gasteiger partial charge in [-0.15, -0.1) is 0 Å². The number of nitrogens with zero attached hydrogens (tertiary/aromatic N) is 1. The van der Waals surface area contributed by atoms with Crippen molar-refractivity contribution in [3.63, 3.8) is 0 Å². The lowest BCUT2D eigenvalue weighted by Crippen LogP contribution is -2.37. The summed E-state index contributed by atoms with van der Waals surface area (Å²) in [6, 6.07) is -0.00126. The zero-order valence-corrected chi connectivity index (χ0v) is 10.9. The van der Waals surface area contributed by atoms with Gasteiger partial charge in [-0.2, -0.15) is 0 Å². The minimum absolute atomic E-state index is 0.00126.